The van der Waals surface area contributed by atoms with E-state index in [0.717, 1.165) is 10.4 Å². The Balaban J connectivity index is 2.14. The number of nitrogens with one attached hydrogen (secondary N) is 1. The summed E-state index contributed by atoms with van der Waals surface area (Å²) in [6.45, 7) is 5.23. The molecular weight excluding hydrogens is 322 g/mol. The Morgan fingerprint density at radius 1 is 1.50 bits per heavy atom. The Morgan fingerprint density at radius 3 is 2.82 bits per heavy atom. The average Bonchev–Trinajstić information content (AvgIpc) is 2.84. The highest BCUT2D eigenvalue weighted by Crippen LogP contribution is 2.31. The van der Waals surface area contributed by atoms with Crippen molar-refractivity contribution in [3.8, 4) is 0 Å². The molecule has 1 unspecified atom stereocenters. The number of nitrogens with two attached hydrogens (primary N) is 1. The molecular formula is C14H23N3O3S2. The predicted octanol–water partition coefficient (Wildman–Crippen LogP) is 0.841. The van der Waals surface area contributed by atoms with Gasteiger partial charge in [-0.25, -0.2) is 8.42 Å². The predicted molar refractivity (Wildman–Crippen MR) is 87.3 cm³/mol. The van der Waals surface area contributed by atoms with E-state index in [1.165, 1.54) is 15.6 Å². The van der Waals surface area contributed by atoms with Gasteiger partial charge in [-0.2, -0.15) is 4.31 Å². The molecule has 1 fully saturated rings. The van der Waals surface area contributed by atoms with Crippen LogP contribution in [0.25, 0.3) is 0 Å². The van der Waals surface area contributed by atoms with Gasteiger partial charge >= 0.3 is 0 Å². The van der Waals surface area contributed by atoms with Crippen LogP contribution in [0.5, 0.6) is 0 Å². The molecule has 1 aliphatic heterocycles. The SMILES string of the molecule is Cc1cc(C)c(S(=O)(=O)N2CCCC(C(=O)NCCN)C2)s1. The number of piperidine rings is 1. The Labute approximate surface area is 135 Å². The molecule has 0 saturated carbocycles. The average molecular weight is 345 g/mol. The van der Waals surface area contributed by atoms with E-state index in [0.29, 0.717) is 36.7 Å². The minimum Gasteiger partial charge on any atom is -0.355 e. The summed E-state index contributed by atoms with van der Waals surface area (Å²) in [6.07, 6.45) is 1.41. The van der Waals surface area contributed by atoms with E-state index in [1.54, 1.807) is 0 Å². The van der Waals surface area contributed by atoms with Crippen LogP contribution in [0, 0.1) is 19.8 Å². The third-order valence-corrected chi connectivity index (χ3v) is 7.40. The fourth-order valence-corrected chi connectivity index (χ4v) is 6.03. The number of hydrogen-bond donors (Lipinski definition) is 2. The van der Waals surface area contributed by atoms with Crippen LogP contribution < -0.4 is 11.1 Å². The van der Waals surface area contributed by atoms with Crippen LogP contribution in [-0.2, 0) is 14.8 Å². The maximum Gasteiger partial charge on any atom is 0.252 e. The number of sulfonamides is 1. The standard InChI is InChI=1S/C14H23N3O3S2/c1-10-8-11(2)21-14(10)22(19,20)17-7-3-4-12(9-17)13(18)16-6-5-15/h8,12H,3-7,9,15H2,1-2H3,(H,16,18). The lowest BCUT2D eigenvalue weighted by Gasteiger charge is -2.31. The lowest BCUT2D eigenvalue weighted by molar-refractivity contribution is -0.126. The number of amides is 1. The van der Waals surface area contributed by atoms with Crippen molar-refractivity contribution >= 4 is 27.3 Å². The molecule has 124 valence electrons. The van der Waals surface area contributed by atoms with Crippen LogP contribution in [0.2, 0.25) is 0 Å². The smallest absolute Gasteiger partial charge is 0.252 e. The van der Waals surface area contributed by atoms with E-state index < -0.39 is 10.0 Å². The molecule has 2 heterocycles. The van der Waals surface area contributed by atoms with Gasteiger partial charge in [-0.3, -0.25) is 4.79 Å². The molecule has 0 aliphatic carbocycles. The van der Waals surface area contributed by atoms with Crippen molar-refractivity contribution in [2.45, 2.75) is 30.9 Å². The molecule has 0 aromatic carbocycles. The second kappa shape index (κ2) is 7.08. The topological polar surface area (TPSA) is 92.5 Å². The number of aryl methyl sites for hydroxylation is 2. The van der Waals surface area contributed by atoms with Gasteiger partial charge in [-0.05, 0) is 38.3 Å². The zero-order chi connectivity index (χ0) is 16.3. The van der Waals surface area contributed by atoms with Crippen LogP contribution in [0.3, 0.4) is 0 Å². The third kappa shape index (κ3) is 3.68. The fraction of sp³-hybridized carbons (Fsp3) is 0.643. The Kier molecular flexibility index (Phi) is 5.60. The molecule has 1 aromatic heterocycles. The van der Waals surface area contributed by atoms with Gasteiger partial charge in [0.25, 0.3) is 10.0 Å². The Bertz CT molecular complexity index is 640. The molecule has 1 aliphatic rings. The summed E-state index contributed by atoms with van der Waals surface area (Å²) >= 11 is 1.29. The Hall–Kier alpha value is -0.960. The molecule has 2 rings (SSSR count). The molecule has 6 nitrogen and oxygen atoms in total. The molecule has 1 amide bonds. The highest BCUT2D eigenvalue weighted by molar-refractivity contribution is 7.91. The van der Waals surface area contributed by atoms with E-state index in [1.807, 2.05) is 19.9 Å². The van der Waals surface area contributed by atoms with E-state index in [2.05, 4.69) is 5.32 Å². The zero-order valence-electron chi connectivity index (χ0n) is 13.0. The first-order chi connectivity index (χ1) is 10.4. The van der Waals surface area contributed by atoms with Gasteiger partial charge in [0.2, 0.25) is 5.91 Å². The number of carbonyl (C=O) groups is 1. The van der Waals surface area contributed by atoms with Crippen LogP contribution >= 0.6 is 11.3 Å². The number of hydrogen-bond acceptors (Lipinski definition) is 5. The first-order valence-electron chi connectivity index (χ1n) is 7.41. The summed E-state index contributed by atoms with van der Waals surface area (Å²) in [6, 6.07) is 1.88. The van der Waals surface area contributed by atoms with Crippen molar-refractivity contribution in [2.75, 3.05) is 26.2 Å². The first-order valence-corrected chi connectivity index (χ1v) is 9.67. The lowest BCUT2D eigenvalue weighted by atomic mass is 9.99. The molecule has 22 heavy (non-hydrogen) atoms. The lowest BCUT2D eigenvalue weighted by Crippen LogP contribution is -2.46. The molecule has 0 bridgehead atoms. The first kappa shape index (κ1) is 17.4. The van der Waals surface area contributed by atoms with Crippen LogP contribution in [0.15, 0.2) is 10.3 Å². The summed E-state index contributed by atoms with van der Waals surface area (Å²) in [5, 5.41) is 2.75. The van der Waals surface area contributed by atoms with Crippen molar-refractivity contribution in [1.29, 1.82) is 0 Å². The van der Waals surface area contributed by atoms with Crippen LogP contribution in [-0.4, -0.2) is 44.8 Å². The maximum absolute atomic E-state index is 12.8. The van der Waals surface area contributed by atoms with Gasteiger partial charge in [-0.1, -0.05) is 0 Å². The van der Waals surface area contributed by atoms with Gasteiger partial charge in [0.1, 0.15) is 4.21 Å². The fourth-order valence-electron chi connectivity index (χ4n) is 2.71. The van der Waals surface area contributed by atoms with Gasteiger partial charge in [-0.15, -0.1) is 11.3 Å². The van der Waals surface area contributed by atoms with Gasteiger partial charge < -0.3 is 11.1 Å². The summed E-state index contributed by atoms with van der Waals surface area (Å²) in [5.74, 6) is -0.402. The minimum atomic E-state index is -3.51. The number of thiophene rings is 1. The summed E-state index contributed by atoms with van der Waals surface area (Å²) in [5.41, 5.74) is 6.15. The number of rotatable bonds is 5. The largest absolute Gasteiger partial charge is 0.355 e. The van der Waals surface area contributed by atoms with Gasteiger partial charge in [0.05, 0.1) is 5.92 Å². The molecule has 1 saturated heterocycles. The summed E-state index contributed by atoms with van der Waals surface area (Å²) < 4.78 is 27.4. The van der Waals surface area contributed by atoms with Gasteiger partial charge in [0, 0.05) is 31.1 Å². The molecule has 0 radical (unpaired) electrons. The van der Waals surface area contributed by atoms with E-state index >= 15 is 0 Å². The third-order valence-electron chi connectivity index (χ3n) is 3.77. The number of carbonyl (C=O) groups excluding carboxylic acids is 1. The normalized spacial score (nSPS) is 20.0. The second-order valence-electron chi connectivity index (χ2n) is 5.61. The highest BCUT2D eigenvalue weighted by atomic mass is 32.2. The zero-order valence-corrected chi connectivity index (χ0v) is 14.6. The molecule has 0 spiro atoms. The van der Waals surface area contributed by atoms with Crippen molar-refractivity contribution in [1.82, 2.24) is 9.62 Å². The van der Waals surface area contributed by atoms with Crippen molar-refractivity contribution < 1.29 is 13.2 Å². The minimum absolute atomic E-state index is 0.107. The van der Waals surface area contributed by atoms with E-state index in [-0.39, 0.29) is 18.4 Å². The molecule has 3 N–H and O–H groups in total. The van der Waals surface area contributed by atoms with E-state index in [4.69, 9.17) is 5.73 Å². The Morgan fingerprint density at radius 2 is 2.23 bits per heavy atom. The van der Waals surface area contributed by atoms with Crippen molar-refractivity contribution in [3.63, 3.8) is 0 Å². The van der Waals surface area contributed by atoms with Crippen molar-refractivity contribution in [3.05, 3.63) is 16.5 Å². The monoisotopic (exact) mass is 345 g/mol. The second-order valence-corrected chi connectivity index (χ2v) is 9.00. The van der Waals surface area contributed by atoms with Crippen LogP contribution in [0.1, 0.15) is 23.3 Å². The molecule has 1 aromatic rings. The van der Waals surface area contributed by atoms with Crippen LogP contribution in [0.4, 0.5) is 0 Å². The summed E-state index contributed by atoms with van der Waals surface area (Å²) in [4.78, 5) is 13.0. The molecule has 1 atom stereocenters. The molecule has 8 heteroatoms. The van der Waals surface area contributed by atoms with E-state index in [9.17, 15) is 13.2 Å². The quantitative estimate of drug-likeness (QED) is 0.827. The van der Waals surface area contributed by atoms with Crippen molar-refractivity contribution in [2.24, 2.45) is 11.7 Å². The van der Waals surface area contributed by atoms with Gasteiger partial charge in [0.15, 0.2) is 0 Å². The number of nitrogens with zero attached hydrogens (tertiary/aromatic N) is 1. The maximum atomic E-state index is 12.8. The highest BCUT2D eigenvalue weighted by Gasteiger charge is 2.34. The summed E-state index contributed by atoms with van der Waals surface area (Å²) in [7, 11) is -3.51.